The molecule has 0 aliphatic rings. The van der Waals surface area contributed by atoms with Gasteiger partial charge in [-0.05, 0) is 31.5 Å². The maximum absolute atomic E-state index is 12.9. The summed E-state index contributed by atoms with van der Waals surface area (Å²) in [5.74, 6) is 1.21. The number of aromatic nitrogens is 5. The Morgan fingerprint density at radius 2 is 1.88 bits per heavy atom. The quantitative estimate of drug-likeness (QED) is 0.414. The Morgan fingerprint density at radius 3 is 2.55 bits per heavy atom. The minimum atomic E-state index is -2.95. The van der Waals surface area contributed by atoms with Gasteiger partial charge in [0.05, 0.1) is 34.2 Å². The SMILES string of the molecule is CCCOc1ccc(S(O)(O)CC)cc1-c1cn(C)c(=O)c2cnc(-c3cnn(C)c3)nc12. The Morgan fingerprint density at radius 1 is 1.09 bits per heavy atom. The van der Waals surface area contributed by atoms with E-state index in [0.29, 0.717) is 45.1 Å². The number of hydrogen-bond acceptors (Lipinski definition) is 7. The Labute approximate surface area is 193 Å². The van der Waals surface area contributed by atoms with Gasteiger partial charge in [0.25, 0.3) is 5.56 Å². The van der Waals surface area contributed by atoms with Crippen LogP contribution in [0, 0.1) is 0 Å². The molecular weight excluding hydrogens is 442 g/mol. The highest BCUT2D eigenvalue weighted by atomic mass is 32.3. The molecule has 0 bridgehead atoms. The van der Waals surface area contributed by atoms with Crippen LogP contribution in [0.15, 0.2) is 52.7 Å². The van der Waals surface area contributed by atoms with Crippen LogP contribution in [-0.2, 0) is 14.1 Å². The molecule has 0 atom stereocenters. The van der Waals surface area contributed by atoms with E-state index in [2.05, 4.69) is 10.1 Å². The van der Waals surface area contributed by atoms with Crippen molar-refractivity contribution in [2.45, 2.75) is 25.2 Å². The molecule has 4 aromatic rings. The molecule has 0 radical (unpaired) electrons. The maximum Gasteiger partial charge on any atom is 0.261 e. The van der Waals surface area contributed by atoms with Gasteiger partial charge in [-0.2, -0.15) is 15.7 Å². The summed E-state index contributed by atoms with van der Waals surface area (Å²) < 4.78 is 30.2. The summed E-state index contributed by atoms with van der Waals surface area (Å²) >= 11 is 0. The van der Waals surface area contributed by atoms with Gasteiger partial charge < -0.3 is 9.30 Å². The normalized spacial score (nSPS) is 12.3. The van der Waals surface area contributed by atoms with Crippen LogP contribution in [0.5, 0.6) is 5.75 Å². The molecule has 4 rings (SSSR count). The molecule has 9 nitrogen and oxygen atoms in total. The predicted molar refractivity (Wildman–Crippen MR) is 130 cm³/mol. The molecule has 0 saturated carbocycles. The predicted octanol–water partition coefficient (Wildman–Crippen LogP) is 4.31. The molecule has 2 N–H and O–H groups in total. The van der Waals surface area contributed by atoms with Crippen LogP contribution in [0.4, 0.5) is 0 Å². The summed E-state index contributed by atoms with van der Waals surface area (Å²) in [7, 11) is 0.516. The van der Waals surface area contributed by atoms with E-state index in [-0.39, 0.29) is 11.3 Å². The van der Waals surface area contributed by atoms with Crippen molar-refractivity contribution in [3.63, 3.8) is 0 Å². The lowest BCUT2D eigenvalue weighted by atomic mass is 10.0. The molecule has 0 saturated heterocycles. The van der Waals surface area contributed by atoms with Crippen LogP contribution in [0.25, 0.3) is 33.4 Å². The van der Waals surface area contributed by atoms with Crippen molar-refractivity contribution < 1.29 is 13.8 Å². The minimum absolute atomic E-state index is 0.197. The van der Waals surface area contributed by atoms with Crippen molar-refractivity contribution in [2.75, 3.05) is 12.4 Å². The van der Waals surface area contributed by atoms with Gasteiger partial charge in [0, 0.05) is 49.6 Å². The molecule has 33 heavy (non-hydrogen) atoms. The summed E-state index contributed by atoms with van der Waals surface area (Å²) in [6.07, 6.45) is 7.49. The fourth-order valence-electron chi connectivity index (χ4n) is 3.55. The van der Waals surface area contributed by atoms with Crippen molar-refractivity contribution in [3.8, 4) is 28.3 Å². The third kappa shape index (κ3) is 4.37. The molecule has 0 amide bonds. The summed E-state index contributed by atoms with van der Waals surface area (Å²) in [6, 6.07) is 5.13. The van der Waals surface area contributed by atoms with Crippen molar-refractivity contribution in [2.24, 2.45) is 14.1 Å². The standard InChI is InChI=1S/C23H27N5O4S/c1-5-9-32-20-8-7-16(33(30,31)6-2)10-17(20)19-14-27(3)23(29)18-12-24-22(26-21(18)19)15-11-25-28(4)13-15/h7-8,10-14,30-31H,5-6,9H2,1-4H3. The first kappa shape index (κ1) is 23.0. The van der Waals surface area contributed by atoms with E-state index < -0.39 is 10.6 Å². The lowest BCUT2D eigenvalue weighted by molar-refractivity contribution is 0.318. The zero-order valence-electron chi connectivity index (χ0n) is 19.0. The second kappa shape index (κ2) is 8.97. The van der Waals surface area contributed by atoms with E-state index in [4.69, 9.17) is 9.72 Å². The smallest absolute Gasteiger partial charge is 0.261 e. The van der Waals surface area contributed by atoms with E-state index in [1.165, 1.54) is 10.8 Å². The van der Waals surface area contributed by atoms with Gasteiger partial charge in [-0.15, -0.1) is 0 Å². The second-order valence-electron chi connectivity index (χ2n) is 7.78. The van der Waals surface area contributed by atoms with Crippen LogP contribution in [0.1, 0.15) is 20.3 Å². The fraction of sp³-hybridized carbons (Fsp3) is 0.304. The zero-order valence-corrected chi connectivity index (χ0v) is 19.8. The first-order chi connectivity index (χ1) is 15.7. The topological polar surface area (TPSA) is 115 Å². The average Bonchev–Trinajstić information content (AvgIpc) is 3.26. The van der Waals surface area contributed by atoms with Gasteiger partial charge in [-0.1, -0.05) is 6.92 Å². The maximum atomic E-state index is 12.9. The van der Waals surface area contributed by atoms with Crippen molar-refractivity contribution in [1.82, 2.24) is 24.3 Å². The number of benzene rings is 1. The molecular formula is C23H27N5O4S. The van der Waals surface area contributed by atoms with Gasteiger partial charge in [0.1, 0.15) is 5.75 Å². The Kier molecular flexibility index (Phi) is 6.24. The molecule has 1 aromatic carbocycles. The Hall–Kier alpha value is -3.21. The van der Waals surface area contributed by atoms with Gasteiger partial charge in [-0.3, -0.25) is 18.6 Å². The van der Waals surface area contributed by atoms with E-state index in [9.17, 15) is 13.9 Å². The molecule has 174 valence electrons. The molecule has 10 heteroatoms. The number of rotatable bonds is 7. The van der Waals surface area contributed by atoms with E-state index in [0.717, 1.165) is 12.0 Å². The number of aryl methyl sites for hydroxylation is 2. The number of fused-ring (bicyclic) bond motifs is 1. The number of ether oxygens (including phenoxy) is 1. The van der Waals surface area contributed by atoms with Crippen LogP contribution >= 0.6 is 10.6 Å². The number of nitrogens with zero attached hydrogens (tertiary/aromatic N) is 5. The lowest BCUT2D eigenvalue weighted by Gasteiger charge is -2.31. The number of pyridine rings is 1. The molecule has 0 unspecified atom stereocenters. The summed E-state index contributed by atoms with van der Waals surface area (Å²) in [5, 5.41) is 4.54. The van der Waals surface area contributed by atoms with Crippen LogP contribution in [0.2, 0.25) is 0 Å². The first-order valence-corrected chi connectivity index (χ1v) is 12.3. The molecule has 0 aliphatic carbocycles. The van der Waals surface area contributed by atoms with Crippen LogP contribution in [-0.4, -0.2) is 45.8 Å². The van der Waals surface area contributed by atoms with Crippen molar-refractivity contribution in [1.29, 1.82) is 0 Å². The highest BCUT2D eigenvalue weighted by molar-refractivity contribution is 8.24. The average molecular weight is 470 g/mol. The van der Waals surface area contributed by atoms with E-state index in [1.54, 1.807) is 62.5 Å². The molecule has 0 spiro atoms. The summed E-state index contributed by atoms with van der Waals surface area (Å²) in [5.41, 5.74) is 2.22. The van der Waals surface area contributed by atoms with Gasteiger partial charge >= 0.3 is 0 Å². The Bertz CT molecular complexity index is 1380. The van der Waals surface area contributed by atoms with Crippen LogP contribution in [0.3, 0.4) is 0 Å². The van der Waals surface area contributed by atoms with Gasteiger partial charge in [0.15, 0.2) is 5.82 Å². The highest BCUT2D eigenvalue weighted by Crippen LogP contribution is 2.50. The number of hydrogen-bond donors (Lipinski definition) is 2. The second-order valence-corrected chi connectivity index (χ2v) is 10.2. The fourth-order valence-corrected chi connectivity index (χ4v) is 4.47. The van der Waals surface area contributed by atoms with E-state index >= 15 is 0 Å². The molecule has 3 aromatic heterocycles. The first-order valence-electron chi connectivity index (χ1n) is 10.6. The molecule has 3 heterocycles. The summed E-state index contributed by atoms with van der Waals surface area (Å²) in [4.78, 5) is 22.4. The zero-order chi connectivity index (χ0) is 23.8. The third-order valence-electron chi connectivity index (χ3n) is 5.36. The van der Waals surface area contributed by atoms with Crippen molar-refractivity contribution in [3.05, 3.63) is 53.3 Å². The van der Waals surface area contributed by atoms with Crippen LogP contribution < -0.4 is 10.3 Å². The monoisotopic (exact) mass is 469 g/mol. The largest absolute Gasteiger partial charge is 0.493 e. The minimum Gasteiger partial charge on any atom is -0.493 e. The summed E-state index contributed by atoms with van der Waals surface area (Å²) in [6.45, 7) is 4.23. The van der Waals surface area contributed by atoms with E-state index in [1.807, 2.05) is 6.92 Å². The Balaban J connectivity index is 2.02. The highest BCUT2D eigenvalue weighted by Gasteiger charge is 2.20. The van der Waals surface area contributed by atoms with Crippen molar-refractivity contribution >= 4 is 21.5 Å². The molecule has 0 fully saturated rings. The van der Waals surface area contributed by atoms with Gasteiger partial charge in [-0.25, -0.2) is 9.97 Å². The van der Waals surface area contributed by atoms with Gasteiger partial charge in [0.2, 0.25) is 0 Å². The molecule has 0 aliphatic heterocycles. The lowest BCUT2D eigenvalue weighted by Crippen LogP contribution is -2.17. The third-order valence-corrected chi connectivity index (χ3v) is 7.18.